The molecule has 0 saturated heterocycles. The molecule has 5 nitrogen and oxygen atoms in total. The number of benzene rings is 2. The first-order chi connectivity index (χ1) is 12.3. The number of halogens is 2. The van der Waals surface area contributed by atoms with Crippen molar-refractivity contribution in [3.05, 3.63) is 70.7 Å². The maximum absolute atomic E-state index is 13.0. The maximum Gasteiger partial charge on any atom is 0.339 e. The van der Waals surface area contributed by atoms with Crippen molar-refractivity contribution in [2.75, 3.05) is 17.5 Å². The number of ether oxygens (including phenoxy) is 1. The van der Waals surface area contributed by atoms with E-state index in [2.05, 4.69) is 6.58 Å². The summed E-state index contributed by atoms with van der Waals surface area (Å²) in [4.78, 5) is 11.9. The third-order valence-electron chi connectivity index (χ3n) is 3.43. The van der Waals surface area contributed by atoms with E-state index < -0.39 is 16.0 Å². The zero-order chi connectivity index (χ0) is 19.3. The molecule has 0 aromatic heterocycles. The van der Waals surface area contributed by atoms with Gasteiger partial charge >= 0.3 is 5.97 Å². The van der Waals surface area contributed by atoms with E-state index in [1.54, 1.807) is 6.92 Å². The SMILES string of the molecule is C=CCN(c1ccc(C(=O)OCC)c(Cl)c1)S(=O)(=O)c1ccc(Cl)cc1. The molecule has 0 saturated carbocycles. The molecule has 26 heavy (non-hydrogen) atoms. The van der Waals surface area contributed by atoms with Crippen molar-refractivity contribution in [1.82, 2.24) is 0 Å². The molecule has 0 aliphatic carbocycles. The summed E-state index contributed by atoms with van der Waals surface area (Å²) in [6.45, 7) is 5.53. The lowest BCUT2D eigenvalue weighted by Gasteiger charge is -2.23. The molecule has 0 spiro atoms. The maximum atomic E-state index is 13.0. The smallest absolute Gasteiger partial charge is 0.339 e. The lowest BCUT2D eigenvalue weighted by Crippen LogP contribution is -2.31. The molecule has 0 amide bonds. The molecule has 0 unspecified atom stereocenters. The lowest BCUT2D eigenvalue weighted by atomic mass is 10.2. The summed E-state index contributed by atoms with van der Waals surface area (Å²) in [7, 11) is -3.86. The predicted octanol–water partition coefficient (Wildman–Crippen LogP) is 4.55. The standard InChI is InChI=1S/C18H17Cl2NO4S/c1-3-11-21(26(23,24)15-8-5-13(19)6-9-15)14-7-10-16(17(20)12-14)18(22)25-4-2/h3,5-10,12H,1,4,11H2,2H3. The van der Waals surface area contributed by atoms with E-state index in [0.717, 1.165) is 4.31 Å². The third-order valence-corrected chi connectivity index (χ3v) is 5.81. The largest absolute Gasteiger partial charge is 0.462 e. The average molecular weight is 414 g/mol. The zero-order valence-electron chi connectivity index (χ0n) is 14.0. The number of sulfonamides is 1. The Morgan fingerprint density at radius 3 is 2.38 bits per heavy atom. The second kappa shape index (κ2) is 8.58. The monoisotopic (exact) mass is 413 g/mol. The molecule has 2 aromatic carbocycles. The van der Waals surface area contributed by atoms with Gasteiger partial charge in [-0.05, 0) is 49.4 Å². The molecule has 0 bridgehead atoms. The molecular weight excluding hydrogens is 397 g/mol. The lowest BCUT2D eigenvalue weighted by molar-refractivity contribution is 0.0526. The molecule has 0 fully saturated rings. The van der Waals surface area contributed by atoms with Gasteiger partial charge in [0.2, 0.25) is 0 Å². The van der Waals surface area contributed by atoms with Gasteiger partial charge in [-0.2, -0.15) is 0 Å². The normalized spacial score (nSPS) is 11.0. The van der Waals surface area contributed by atoms with Gasteiger partial charge in [-0.3, -0.25) is 4.31 Å². The van der Waals surface area contributed by atoms with Gasteiger partial charge in [-0.1, -0.05) is 29.3 Å². The van der Waals surface area contributed by atoms with Crippen molar-refractivity contribution in [3.63, 3.8) is 0 Å². The van der Waals surface area contributed by atoms with E-state index in [0.29, 0.717) is 10.7 Å². The summed E-state index contributed by atoms with van der Waals surface area (Å²) in [6, 6.07) is 10.2. The Hall–Kier alpha value is -2.02. The highest BCUT2D eigenvalue weighted by molar-refractivity contribution is 7.92. The van der Waals surface area contributed by atoms with E-state index in [-0.39, 0.29) is 28.6 Å². The molecule has 2 rings (SSSR count). The minimum Gasteiger partial charge on any atom is -0.462 e. The number of nitrogens with zero attached hydrogens (tertiary/aromatic N) is 1. The Morgan fingerprint density at radius 1 is 1.19 bits per heavy atom. The van der Waals surface area contributed by atoms with Crippen LogP contribution >= 0.6 is 23.2 Å². The van der Waals surface area contributed by atoms with Crippen LogP contribution in [0.4, 0.5) is 5.69 Å². The van der Waals surface area contributed by atoms with Crippen LogP contribution in [0.3, 0.4) is 0 Å². The fourth-order valence-electron chi connectivity index (χ4n) is 2.23. The van der Waals surface area contributed by atoms with Crippen LogP contribution in [0, 0.1) is 0 Å². The second-order valence-electron chi connectivity index (χ2n) is 5.16. The molecule has 0 heterocycles. The third kappa shape index (κ3) is 4.38. The van der Waals surface area contributed by atoms with Crippen LogP contribution in [0.25, 0.3) is 0 Å². The highest BCUT2D eigenvalue weighted by atomic mass is 35.5. The van der Waals surface area contributed by atoms with Crippen molar-refractivity contribution < 1.29 is 17.9 Å². The quantitative estimate of drug-likeness (QED) is 0.493. The first-order valence-electron chi connectivity index (χ1n) is 7.67. The first kappa shape index (κ1) is 20.3. The van der Waals surface area contributed by atoms with Gasteiger partial charge in [0, 0.05) is 5.02 Å². The number of carbonyl (C=O) groups excluding carboxylic acids is 1. The van der Waals surface area contributed by atoms with Crippen LogP contribution in [0.1, 0.15) is 17.3 Å². The van der Waals surface area contributed by atoms with Crippen molar-refractivity contribution in [1.29, 1.82) is 0 Å². The summed E-state index contributed by atoms with van der Waals surface area (Å²) in [5.74, 6) is -0.570. The number of rotatable bonds is 7. The fraction of sp³-hybridized carbons (Fsp3) is 0.167. The summed E-state index contributed by atoms with van der Waals surface area (Å²) in [6.07, 6.45) is 1.46. The van der Waals surface area contributed by atoms with Gasteiger partial charge < -0.3 is 4.74 Å². The van der Waals surface area contributed by atoms with E-state index >= 15 is 0 Å². The molecular formula is C18H17Cl2NO4S. The zero-order valence-corrected chi connectivity index (χ0v) is 16.3. The topological polar surface area (TPSA) is 63.7 Å². The average Bonchev–Trinajstić information content (AvgIpc) is 2.60. The minimum absolute atomic E-state index is 0.0278. The van der Waals surface area contributed by atoms with Crippen LogP contribution in [0.5, 0.6) is 0 Å². The Kier molecular flexibility index (Phi) is 6.69. The predicted molar refractivity (Wildman–Crippen MR) is 104 cm³/mol. The number of carbonyl (C=O) groups is 1. The molecule has 0 aliphatic heterocycles. The van der Waals surface area contributed by atoms with E-state index in [9.17, 15) is 13.2 Å². The molecule has 0 N–H and O–H groups in total. The van der Waals surface area contributed by atoms with Gasteiger partial charge in [-0.15, -0.1) is 6.58 Å². The summed E-state index contributed by atoms with van der Waals surface area (Å²) in [5, 5.41) is 0.530. The van der Waals surface area contributed by atoms with Crippen LogP contribution in [0.2, 0.25) is 10.0 Å². The second-order valence-corrected chi connectivity index (χ2v) is 7.87. The molecule has 0 atom stereocenters. The Labute approximate surface area is 162 Å². The van der Waals surface area contributed by atoms with Crippen molar-refractivity contribution >= 4 is 44.9 Å². The first-order valence-corrected chi connectivity index (χ1v) is 9.86. The van der Waals surface area contributed by atoms with Crippen LogP contribution < -0.4 is 4.31 Å². The molecule has 0 aliphatic rings. The minimum atomic E-state index is -3.86. The summed E-state index contributed by atoms with van der Waals surface area (Å²) < 4.78 is 32.0. The number of esters is 1. The molecule has 8 heteroatoms. The van der Waals surface area contributed by atoms with Crippen molar-refractivity contribution in [2.45, 2.75) is 11.8 Å². The van der Waals surface area contributed by atoms with Crippen LogP contribution in [0.15, 0.2) is 60.0 Å². The number of hydrogen-bond donors (Lipinski definition) is 0. The number of hydrogen-bond acceptors (Lipinski definition) is 4. The Bertz CT molecular complexity index is 911. The molecule has 2 aromatic rings. The van der Waals surface area contributed by atoms with Gasteiger partial charge in [0.1, 0.15) is 0 Å². The van der Waals surface area contributed by atoms with Gasteiger partial charge in [0.05, 0.1) is 34.3 Å². The summed E-state index contributed by atoms with van der Waals surface area (Å²) in [5.41, 5.74) is 0.470. The molecule has 138 valence electrons. The van der Waals surface area contributed by atoms with E-state index in [4.69, 9.17) is 27.9 Å². The van der Waals surface area contributed by atoms with Gasteiger partial charge in [-0.25, -0.2) is 13.2 Å². The van der Waals surface area contributed by atoms with Crippen LogP contribution in [-0.4, -0.2) is 27.5 Å². The fourth-order valence-corrected chi connectivity index (χ4v) is 4.03. The molecule has 0 radical (unpaired) electrons. The van der Waals surface area contributed by atoms with Gasteiger partial charge in [0.15, 0.2) is 0 Å². The van der Waals surface area contributed by atoms with E-state index in [1.165, 1.54) is 48.5 Å². The van der Waals surface area contributed by atoms with Gasteiger partial charge in [0.25, 0.3) is 10.0 Å². The highest BCUT2D eigenvalue weighted by Crippen LogP contribution is 2.29. The summed E-state index contributed by atoms with van der Waals surface area (Å²) >= 11 is 12.0. The van der Waals surface area contributed by atoms with Crippen molar-refractivity contribution in [2.24, 2.45) is 0 Å². The Balaban J connectivity index is 2.47. The Morgan fingerprint density at radius 2 is 1.85 bits per heavy atom. The van der Waals surface area contributed by atoms with Crippen molar-refractivity contribution in [3.8, 4) is 0 Å². The highest BCUT2D eigenvalue weighted by Gasteiger charge is 2.25. The van der Waals surface area contributed by atoms with Crippen LogP contribution in [-0.2, 0) is 14.8 Å². The number of anilines is 1. The van der Waals surface area contributed by atoms with E-state index in [1.807, 2.05) is 0 Å².